The summed E-state index contributed by atoms with van der Waals surface area (Å²) >= 11 is 0. The van der Waals surface area contributed by atoms with E-state index in [-0.39, 0.29) is 17.9 Å². The maximum atomic E-state index is 12.5. The second-order valence-electron chi connectivity index (χ2n) is 6.81. The first-order chi connectivity index (χ1) is 12.1. The molecule has 2 aromatic rings. The molecule has 1 amide bonds. The fraction of sp³-hybridized carbons (Fsp3) is 0.474. The van der Waals surface area contributed by atoms with Crippen molar-refractivity contribution in [2.75, 3.05) is 7.05 Å². The maximum absolute atomic E-state index is 12.5. The lowest BCUT2D eigenvalue weighted by molar-refractivity contribution is -0.128. The maximum Gasteiger partial charge on any atom is 0.226 e. The second kappa shape index (κ2) is 7.80. The van der Waals surface area contributed by atoms with Gasteiger partial charge in [0, 0.05) is 25.8 Å². The average molecular weight is 342 g/mol. The second-order valence-corrected chi connectivity index (χ2v) is 6.81. The Hall–Kier alpha value is -2.18. The fourth-order valence-electron chi connectivity index (χ4n) is 3.60. The molecule has 0 spiro atoms. The number of aryl methyl sites for hydroxylation is 1. The van der Waals surface area contributed by atoms with Crippen LogP contribution in [0.4, 0.5) is 0 Å². The molecule has 1 aromatic carbocycles. The Kier molecular flexibility index (Phi) is 5.50. The number of carbonyl (C=O) groups is 1. The van der Waals surface area contributed by atoms with E-state index in [0.29, 0.717) is 13.0 Å². The molecule has 0 unspecified atom stereocenters. The van der Waals surface area contributed by atoms with E-state index in [1.165, 1.54) is 5.56 Å². The highest BCUT2D eigenvalue weighted by Gasteiger charge is 2.40. The van der Waals surface area contributed by atoms with Gasteiger partial charge in [-0.05, 0) is 31.5 Å². The highest BCUT2D eigenvalue weighted by Crippen LogP contribution is 2.30. The highest BCUT2D eigenvalue weighted by atomic mass is 16.3. The number of hydrogen-bond donors (Lipinski definition) is 2. The van der Waals surface area contributed by atoms with Gasteiger partial charge in [0.05, 0.1) is 24.3 Å². The topological polar surface area (TPSA) is 70.4 Å². The van der Waals surface area contributed by atoms with Crippen molar-refractivity contribution in [1.82, 2.24) is 20.0 Å². The fourth-order valence-corrected chi connectivity index (χ4v) is 3.60. The molecule has 1 fully saturated rings. The molecule has 0 radical (unpaired) electrons. The van der Waals surface area contributed by atoms with Crippen molar-refractivity contribution in [2.45, 2.75) is 38.1 Å². The summed E-state index contributed by atoms with van der Waals surface area (Å²) in [6, 6.07) is 12.1. The van der Waals surface area contributed by atoms with Gasteiger partial charge in [0.15, 0.2) is 0 Å². The van der Waals surface area contributed by atoms with Gasteiger partial charge in [0.25, 0.3) is 0 Å². The van der Waals surface area contributed by atoms with E-state index in [0.717, 1.165) is 18.7 Å². The predicted molar refractivity (Wildman–Crippen MR) is 95.5 cm³/mol. The number of carbonyl (C=O) groups excluding carboxylic acids is 1. The summed E-state index contributed by atoms with van der Waals surface area (Å²) < 4.78 is 1.74. The zero-order valence-electron chi connectivity index (χ0n) is 14.8. The quantitative estimate of drug-likeness (QED) is 0.830. The molecular formula is C19H26N4O2. The van der Waals surface area contributed by atoms with Crippen LogP contribution in [0.15, 0.2) is 42.6 Å². The van der Waals surface area contributed by atoms with Crippen LogP contribution in [0.25, 0.3) is 0 Å². The minimum absolute atomic E-state index is 0.00709. The minimum Gasteiger partial charge on any atom is -0.391 e. The van der Waals surface area contributed by atoms with E-state index in [4.69, 9.17) is 0 Å². The molecule has 1 heterocycles. The predicted octanol–water partition coefficient (Wildman–Crippen LogP) is 1.31. The Morgan fingerprint density at radius 3 is 2.76 bits per heavy atom. The van der Waals surface area contributed by atoms with Crippen molar-refractivity contribution < 1.29 is 9.90 Å². The first-order valence-electron chi connectivity index (χ1n) is 8.73. The van der Waals surface area contributed by atoms with Gasteiger partial charge in [0.1, 0.15) is 0 Å². The molecule has 2 N–H and O–H groups in total. The molecule has 6 heteroatoms. The Bertz CT molecular complexity index is 700. The number of likely N-dealkylation sites (N-methyl/N-ethyl adjacent to an activating group) is 1. The molecule has 3 atom stereocenters. The third-order valence-corrected chi connectivity index (χ3v) is 5.12. The number of nitrogens with one attached hydrogen (secondary N) is 1. The van der Waals surface area contributed by atoms with Gasteiger partial charge in [-0.1, -0.05) is 30.3 Å². The van der Waals surface area contributed by atoms with Crippen LogP contribution in [0.2, 0.25) is 0 Å². The van der Waals surface area contributed by atoms with Gasteiger partial charge >= 0.3 is 0 Å². The molecule has 1 aliphatic rings. The lowest BCUT2D eigenvalue weighted by atomic mass is 10.0. The number of amides is 1. The van der Waals surface area contributed by atoms with E-state index in [9.17, 15) is 9.90 Å². The Balaban J connectivity index is 1.54. The zero-order chi connectivity index (χ0) is 17.8. The van der Waals surface area contributed by atoms with Gasteiger partial charge < -0.3 is 10.4 Å². The van der Waals surface area contributed by atoms with E-state index in [2.05, 4.69) is 27.4 Å². The standard InChI is InChI=1S/C19H26N4O2/c1-22(13-14-6-4-3-5-7-14)17-9-8-16(18(17)24)19(25)20-12-15-10-11-21-23(15)2/h3-7,10-11,16-18,24H,8-9,12-13H2,1-2H3,(H,20,25)/t16-,17-,18+/m1/s1. The summed E-state index contributed by atoms with van der Waals surface area (Å²) in [7, 11) is 3.86. The van der Waals surface area contributed by atoms with Crippen LogP contribution in [-0.2, 0) is 24.9 Å². The Labute approximate surface area is 148 Å². The molecule has 0 bridgehead atoms. The number of aliphatic hydroxyl groups is 1. The molecule has 3 rings (SSSR count). The van der Waals surface area contributed by atoms with Crippen molar-refractivity contribution in [3.05, 3.63) is 53.9 Å². The van der Waals surface area contributed by atoms with Crippen molar-refractivity contribution >= 4 is 5.91 Å². The molecule has 134 valence electrons. The van der Waals surface area contributed by atoms with E-state index in [1.807, 2.05) is 38.4 Å². The van der Waals surface area contributed by atoms with Gasteiger partial charge in [-0.2, -0.15) is 5.10 Å². The summed E-state index contributed by atoms with van der Waals surface area (Å²) in [4.78, 5) is 14.6. The Morgan fingerprint density at radius 2 is 2.08 bits per heavy atom. The van der Waals surface area contributed by atoms with Crippen LogP contribution < -0.4 is 5.32 Å². The number of rotatable bonds is 6. The van der Waals surface area contributed by atoms with Gasteiger partial charge in [-0.25, -0.2) is 0 Å². The van der Waals surface area contributed by atoms with Crippen molar-refractivity contribution in [1.29, 1.82) is 0 Å². The summed E-state index contributed by atoms with van der Waals surface area (Å²) in [5.74, 6) is -0.430. The molecule has 0 aliphatic heterocycles. The largest absolute Gasteiger partial charge is 0.391 e. The van der Waals surface area contributed by atoms with Crippen LogP contribution in [0.3, 0.4) is 0 Å². The number of hydrogen-bond acceptors (Lipinski definition) is 4. The number of benzene rings is 1. The first kappa shape index (κ1) is 17.6. The van der Waals surface area contributed by atoms with Crippen molar-refractivity contribution in [3.63, 3.8) is 0 Å². The third kappa shape index (κ3) is 4.08. The normalized spacial score (nSPS) is 23.1. The third-order valence-electron chi connectivity index (χ3n) is 5.12. The van der Waals surface area contributed by atoms with Crippen molar-refractivity contribution in [2.24, 2.45) is 13.0 Å². The smallest absolute Gasteiger partial charge is 0.226 e. The molecule has 25 heavy (non-hydrogen) atoms. The number of nitrogens with zero attached hydrogens (tertiary/aromatic N) is 3. The summed E-state index contributed by atoms with van der Waals surface area (Å²) in [5.41, 5.74) is 2.15. The van der Waals surface area contributed by atoms with Crippen LogP contribution in [-0.4, -0.2) is 44.9 Å². The van der Waals surface area contributed by atoms with Crippen LogP contribution in [0.5, 0.6) is 0 Å². The number of aromatic nitrogens is 2. The van der Waals surface area contributed by atoms with E-state index >= 15 is 0 Å². The summed E-state index contributed by atoms with van der Waals surface area (Å²) in [5, 5.41) is 17.7. The minimum atomic E-state index is -0.639. The van der Waals surface area contributed by atoms with E-state index < -0.39 is 6.10 Å². The van der Waals surface area contributed by atoms with Gasteiger partial charge in [-0.15, -0.1) is 0 Å². The zero-order valence-corrected chi connectivity index (χ0v) is 14.8. The average Bonchev–Trinajstić information content (AvgIpc) is 3.19. The number of aliphatic hydroxyl groups excluding tert-OH is 1. The van der Waals surface area contributed by atoms with E-state index in [1.54, 1.807) is 10.9 Å². The molecule has 0 saturated heterocycles. The molecule has 6 nitrogen and oxygen atoms in total. The lowest BCUT2D eigenvalue weighted by Crippen LogP contribution is -2.43. The lowest BCUT2D eigenvalue weighted by Gasteiger charge is -2.28. The monoisotopic (exact) mass is 342 g/mol. The molecule has 1 aromatic heterocycles. The van der Waals surface area contributed by atoms with Crippen LogP contribution in [0.1, 0.15) is 24.1 Å². The SMILES string of the molecule is CN(Cc1ccccc1)[C@@H]1CC[C@@H](C(=O)NCc2ccnn2C)[C@@H]1O. The Morgan fingerprint density at radius 1 is 1.32 bits per heavy atom. The first-order valence-corrected chi connectivity index (χ1v) is 8.73. The van der Waals surface area contributed by atoms with Crippen molar-refractivity contribution in [3.8, 4) is 0 Å². The molecule has 1 saturated carbocycles. The highest BCUT2D eigenvalue weighted by molar-refractivity contribution is 5.79. The van der Waals surface area contributed by atoms with Gasteiger partial charge in [0.2, 0.25) is 5.91 Å². The molecular weight excluding hydrogens is 316 g/mol. The van der Waals surface area contributed by atoms with Crippen LogP contribution in [0, 0.1) is 5.92 Å². The summed E-state index contributed by atoms with van der Waals surface area (Å²) in [6.45, 7) is 1.20. The summed E-state index contributed by atoms with van der Waals surface area (Å²) in [6.07, 6.45) is 2.61. The van der Waals surface area contributed by atoms with Gasteiger partial charge in [-0.3, -0.25) is 14.4 Å². The van der Waals surface area contributed by atoms with Crippen LogP contribution >= 0.6 is 0 Å². The molecule has 1 aliphatic carbocycles.